The van der Waals surface area contributed by atoms with E-state index in [1.165, 1.54) is 36.0 Å². The summed E-state index contributed by atoms with van der Waals surface area (Å²) in [5, 5.41) is 7.32. The molecule has 0 aliphatic heterocycles. The fourth-order valence-corrected chi connectivity index (χ4v) is 4.01. The molecule has 1 saturated carbocycles. The minimum absolute atomic E-state index is 0.0690. The van der Waals surface area contributed by atoms with Crippen molar-refractivity contribution in [1.82, 2.24) is 20.1 Å². The zero-order valence-electron chi connectivity index (χ0n) is 17.7. The second kappa shape index (κ2) is 12.6. The van der Waals surface area contributed by atoms with Crippen LogP contribution in [0.3, 0.4) is 0 Å². The van der Waals surface area contributed by atoms with Crippen molar-refractivity contribution in [2.45, 2.75) is 52.7 Å². The van der Waals surface area contributed by atoms with Crippen LogP contribution in [0, 0.1) is 11.8 Å². The molecule has 1 aliphatic rings. The first-order valence-electron chi connectivity index (χ1n) is 10.2. The molecule has 0 aromatic carbocycles. The molecule has 0 saturated heterocycles. The van der Waals surface area contributed by atoms with Crippen LogP contribution < -0.4 is 10.1 Å². The molecule has 0 unspecified atom stereocenters. The standard InChI is InChI=1S/C20H25ClF2N4O2.O2S/c1-3-27-18(14-11-24-9-8-15(14)29-20(22)23)16(21)17(26-27)19(28)25-10-13-6-4-12(2)5-7-13;1-3-2/h8-9,11-13,20H,3-7,10H2,1-2H3,(H,25,28);. The van der Waals surface area contributed by atoms with Gasteiger partial charge < -0.3 is 10.1 Å². The van der Waals surface area contributed by atoms with Gasteiger partial charge >= 0.3 is 18.2 Å². The Kier molecular flexibility index (Phi) is 10.2. The molecule has 32 heavy (non-hydrogen) atoms. The van der Waals surface area contributed by atoms with Gasteiger partial charge in [0.1, 0.15) is 5.75 Å². The van der Waals surface area contributed by atoms with E-state index < -0.39 is 18.2 Å². The number of rotatable bonds is 7. The minimum Gasteiger partial charge on any atom is -0.434 e. The van der Waals surface area contributed by atoms with E-state index in [2.05, 4.69) is 27.1 Å². The van der Waals surface area contributed by atoms with Gasteiger partial charge in [0, 0.05) is 25.5 Å². The smallest absolute Gasteiger partial charge is 0.387 e. The monoisotopic (exact) mass is 490 g/mol. The maximum atomic E-state index is 12.8. The van der Waals surface area contributed by atoms with E-state index in [0.29, 0.717) is 24.7 Å². The van der Waals surface area contributed by atoms with Gasteiger partial charge in [0.25, 0.3) is 5.91 Å². The van der Waals surface area contributed by atoms with Gasteiger partial charge in [-0.25, -0.2) is 0 Å². The molecule has 0 spiro atoms. The van der Waals surface area contributed by atoms with Crippen molar-refractivity contribution in [1.29, 1.82) is 0 Å². The van der Waals surface area contributed by atoms with E-state index in [-0.39, 0.29) is 27.9 Å². The maximum Gasteiger partial charge on any atom is 0.387 e. The van der Waals surface area contributed by atoms with Crippen LogP contribution in [0.25, 0.3) is 11.3 Å². The lowest BCUT2D eigenvalue weighted by molar-refractivity contribution is -0.0495. The number of nitrogens with one attached hydrogen (secondary N) is 1. The summed E-state index contributed by atoms with van der Waals surface area (Å²) in [4.78, 5) is 16.7. The Morgan fingerprint density at radius 3 is 2.59 bits per heavy atom. The molecule has 1 aliphatic carbocycles. The number of halogens is 3. The highest BCUT2D eigenvalue weighted by molar-refractivity contribution is 7.51. The van der Waals surface area contributed by atoms with Gasteiger partial charge in [-0.05, 0) is 37.7 Å². The zero-order chi connectivity index (χ0) is 23.7. The number of nitrogens with zero attached hydrogens (tertiary/aromatic N) is 3. The van der Waals surface area contributed by atoms with E-state index in [0.717, 1.165) is 18.8 Å². The third-order valence-electron chi connectivity index (χ3n) is 5.35. The molecule has 176 valence electrons. The molecule has 0 atom stereocenters. The number of amides is 1. The van der Waals surface area contributed by atoms with Gasteiger partial charge in [-0.3, -0.25) is 14.5 Å². The van der Waals surface area contributed by atoms with Gasteiger partial charge in [-0.15, -0.1) is 0 Å². The maximum absolute atomic E-state index is 12.8. The highest BCUT2D eigenvalue weighted by Crippen LogP contribution is 2.37. The molecule has 0 radical (unpaired) electrons. The predicted octanol–water partition coefficient (Wildman–Crippen LogP) is 4.11. The Bertz CT molecular complexity index is 946. The third kappa shape index (κ3) is 6.80. The number of aromatic nitrogens is 3. The van der Waals surface area contributed by atoms with E-state index in [1.807, 2.05) is 6.92 Å². The van der Waals surface area contributed by atoms with Crippen molar-refractivity contribution in [2.75, 3.05) is 6.54 Å². The first-order chi connectivity index (χ1) is 15.3. The third-order valence-corrected chi connectivity index (χ3v) is 5.71. The molecule has 2 heterocycles. The van der Waals surface area contributed by atoms with Crippen LogP contribution in [0.2, 0.25) is 5.02 Å². The van der Waals surface area contributed by atoms with Crippen LogP contribution in [0.15, 0.2) is 18.5 Å². The Balaban J connectivity index is 0.00000114. The summed E-state index contributed by atoms with van der Waals surface area (Å²) < 4.78 is 48.2. The number of carbonyl (C=O) groups is 1. The summed E-state index contributed by atoms with van der Waals surface area (Å²) in [5.74, 6) is 0.742. The number of ether oxygens (including phenoxy) is 1. The van der Waals surface area contributed by atoms with Crippen molar-refractivity contribution < 1.29 is 26.7 Å². The number of hydrogen-bond acceptors (Lipinski definition) is 6. The lowest BCUT2D eigenvalue weighted by atomic mass is 9.83. The fourth-order valence-electron chi connectivity index (χ4n) is 3.68. The van der Waals surface area contributed by atoms with Gasteiger partial charge in [-0.1, -0.05) is 31.4 Å². The molecule has 1 N–H and O–H groups in total. The highest BCUT2D eigenvalue weighted by atomic mass is 35.5. The number of alkyl halides is 2. The molecule has 12 heteroatoms. The molecule has 3 rings (SSSR count). The average Bonchev–Trinajstić information content (AvgIpc) is 3.10. The van der Waals surface area contributed by atoms with Crippen LogP contribution in [0.1, 0.15) is 50.0 Å². The number of carbonyl (C=O) groups excluding carboxylic acids is 1. The largest absolute Gasteiger partial charge is 0.434 e. The van der Waals surface area contributed by atoms with Gasteiger partial charge in [-0.2, -0.15) is 22.3 Å². The predicted molar refractivity (Wildman–Crippen MR) is 115 cm³/mol. The van der Waals surface area contributed by atoms with Gasteiger partial charge in [0.15, 0.2) is 5.69 Å². The molecule has 0 bridgehead atoms. The van der Waals surface area contributed by atoms with E-state index in [1.54, 1.807) is 0 Å². The number of aryl methyl sites for hydroxylation is 1. The number of pyridine rings is 1. The van der Waals surface area contributed by atoms with Crippen LogP contribution in [-0.4, -0.2) is 42.2 Å². The summed E-state index contributed by atoms with van der Waals surface area (Å²) in [6.45, 7) is 2.04. The first-order valence-corrected chi connectivity index (χ1v) is 11.2. The summed E-state index contributed by atoms with van der Waals surface area (Å²) in [6, 6.07) is 1.33. The van der Waals surface area contributed by atoms with Crippen molar-refractivity contribution in [2.24, 2.45) is 11.8 Å². The van der Waals surface area contributed by atoms with Crippen molar-refractivity contribution >= 4 is 29.1 Å². The normalized spacial score (nSPS) is 17.9. The molecule has 2 aromatic rings. The fraction of sp³-hybridized carbons (Fsp3) is 0.550. The van der Waals surface area contributed by atoms with Crippen molar-refractivity contribution in [3.8, 4) is 17.0 Å². The summed E-state index contributed by atoms with van der Waals surface area (Å²) >= 11 is 5.72. The lowest BCUT2D eigenvalue weighted by Gasteiger charge is -2.26. The van der Waals surface area contributed by atoms with Crippen LogP contribution in [0.4, 0.5) is 8.78 Å². The van der Waals surface area contributed by atoms with Crippen LogP contribution in [0.5, 0.6) is 5.75 Å². The molecule has 1 amide bonds. The molecular weight excluding hydrogens is 466 g/mol. The van der Waals surface area contributed by atoms with Gasteiger partial charge in [0.05, 0.1) is 16.3 Å². The van der Waals surface area contributed by atoms with E-state index in [4.69, 9.17) is 20.0 Å². The Hall–Kier alpha value is -2.40. The molecular formula is C20H25ClF2N4O4S. The van der Waals surface area contributed by atoms with Crippen molar-refractivity contribution in [3.63, 3.8) is 0 Å². The molecule has 1 fully saturated rings. The Morgan fingerprint density at radius 1 is 1.34 bits per heavy atom. The highest BCUT2D eigenvalue weighted by Gasteiger charge is 2.26. The Labute approximate surface area is 193 Å². The van der Waals surface area contributed by atoms with Crippen molar-refractivity contribution in [3.05, 3.63) is 29.2 Å². The Morgan fingerprint density at radius 2 is 2.00 bits per heavy atom. The van der Waals surface area contributed by atoms with Crippen LogP contribution in [-0.2, 0) is 18.1 Å². The van der Waals surface area contributed by atoms with Gasteiger partial charge in [0.2, 0.25) is 0 Å². The topological polar surface area (TPSA) is 103 Å². The summed E-state index contributed by atoms with van der Waals surface area (Å²) in [6.07, 6.45) is 7.24. The SMILES string of the molecule is CCn1nc(C(=O)NCC2CCC(C)CC2)c(Cl)c1-c1cnccc1OC(F)F.O=S=O. The minimum atomic E-state index is -2.99. The summed E-state index contributed by atoms with van der Waals surface area (Å²) in [5.41, 5.74) is 0.654. The average molecular weight is 491 g/mol. The van der Waals surface area contributed by atoms with E-state index in [9.17, 15) is 13.6 Å². The van der Waals surface area contributed by atoms with E-state index >= 15 is 0 Å². The second-order valence-electron chi connectivity index (χ2n) is 7.48. The number of hydrogen-bond donors (Lipinski definition) is 1. The quantitative estimate of drug-likeness (QED) is 0.626. The molecule has 8 nitrogen and oxygen atoms in total. The first kappa shape index (κ1) is 25.9. The summed E-state index contributed by atoms with van der Waals surface area (Å²) in [7, 11) is 0. The molecule has 2 aromatic heterocycles. The van der Waals surface area contributed by atoms with Crippen LogP contribution >= 0.6 is 11.6 Å². The lowest BCUT2D eigenvalue weighted by Crippen LogP contribution is -2.31. The zero-order valence-corrected chi connectivity index (χ0v) is 19.3. The second-order valence-corrected chi connectivity index (χ2v) is 8.00.